The number of nitrogen functional groups attached to an aromatic ring is 1. The predicted molar refractivity (Wildman–Crippen MR) is 70.3 cm³/mol. The molecule has 1 aromatic heterocycles. The number of amides is 1. The van der Waals surface area contributed by atoms with Gasteiger partial charge in [0.15, 0.2) is 0 Å². The van der Waals surface area contributed by atoms with Crippen molar-refractivity contribution in [2.75, 3.05) is 12.3 Å². The van der Waals surface area contributed by atoms with Gasteiger partial charge in [-0.25, -0.2) is 0 Å². The van der Waals surface area contributed by atoms with E-state index in [4.69, 9.17) is 10.2 Å². The summed E-state index contributed by atoms with van der Waals surface area (Å²) >= 11 is 0. The minimum Gasteiger partial charge on any atom is -0.469 e. The van der Waals surface area contributed by atoms with Crippen LogP contribution in [-0.4, -0.2) is 12.5 Å². The van der Waals surface area contributed by atoms with Crippen LogP contribution in [-0.2, 0) is 6.42 Å². The molecule has 0 aliphatic rings. The first-order chi connectivity index (χ1) is 8.68. The van der Waals surface area contributed by atoms with Gasteiger partial charge in [-0.2, -0.15) is 0 Å². The molecule has 0 bridgehead atoms. The van der Waals surface area contributed by atoms with E-state index in [1.165, 1.54) is 0 Å². The number of benzene rings is 1. The molecule has 0 unspecified atom stereocenters. The monoisotopic (exact) mass is 244 g/mol. The fraction of sp³-hybridized carbons (Fsp3) is 0.214. The zero-order valence-electron chi connectivity index (χ0n) is 10.3. The first kappa shape index (κ1) is 12.2. The number of anilines is 1. The molecule has 1 amide bonds. The smallest absolute Gasteiger partial charge is 0.253 e. The summed E-state index contributed by atoms with van der Waals surface area (Å²) in [6.45, 7) is 2.41. The number of nitrogens with one attached hydrogen (secondary N) is 1. The van der Waals surface area contributed by atoms with Crippen molar-refractivity contribution in [2.45, 2.75) is 13.3 Å². The SMILES string of the molecule is Cc1cccc(C(=O)NCCc2ccco2)c1N. The van der Waals surface area contributed by atoms with E-state index in [0.717, 1.165) is 11.3 Å². The number of furan rings is 1. The maximum atomic E-state index is 11.9. The highest BCUT2D eigenvalue weighted by Gasteiger charge is 2.10. The molecule has 2 rings (SSSR count). The van der Waals surface area contributed by atoms with Gasteiger partial charge in [0.1, 0.15) is 5.76 Å². The van der Waals surface area contributed by atoms with Crippen LogP contribution in [0.15, 0.2) is 41.0 Å². The number of rotatable bonds is 4. The van der Waals surface area contributed by atoms with Crippen molar-refractivity contribution in [3.63, 3.8) is 0 Å². The van der Waals surface area contributed by atoms with E-state index in [1.807, 2.05) is 31.2 Å². The molecular weight excluding hydrogens is 228 g/mol. The topological polar surface area (TPSA) is 68.3 Å². The first-order valence-corrected chi connectivity index (χ1v) is 5.84. The van der Waals surface area contributed by atoms with Gasteiger partial charge in [-0.05, 0) is 30.7 Å². The summed E-state index contributed by atoms with van der Waals surface area (Å²) in [4.78, 5) is 11.9. The quantitative estimate of drug-likeness (QED) is 0.810. The number of hydrogen-bond acceptors (Lipinski definition) is 3. The summed E-state index contributed by atoms with van der Waals surface area (Å²) in [5.41, 5.74) is 7.84. The summed E-state index contributed by atoms with van der Waals surface area (Å²) in [5, 5.41) is 2.83. The van der Waals surface area contributed by atoms with E-state index in [0.29, 0.717) is 24.2 Å². The van der Waals surface area contributed by atoms with Crippen LogP contribution in [0.2, 0.25) is 0 Å². The Balaban J connectivity index is 1.93. The van der Waals surface area contributed by atoms with Gasteiger partial charge in [-0.15, -0.1) is 0 Å². The first-order valence-electron chi connectivity index (χ1n) is 5.84. The summed E-state index contributed by atoms with van der Waals surface area (Å²) in [5.74, 6) is 0.704. The lowest BCUT2D eigenvalue weighted by Crippen LogP contribution is -2.26. The van der Waals surface area contributed by atoms with E-state index < -0.39 is 0 Å². The molecule has 18 heavy (non-hydrogen) atoms. The van der Waals surface area contributed by atoms with Crippen molar-refractivity contribution in [3.8, 4) is 0 Å². The third kappa shape index (κ3) is 2.71. The maximum absolute atomic E-state index is 11.9. The van der Waals surface area contributed by atoms with Crippen molar-refractivity contribution in [3.05, 3.63) is 53.5 Å². The van der Waals surface area contributed by atoms with Crippen LogP contribution in [0.3, 0.4) is 0 Å². The Hall–Kier alpha value is -2.23. The summed E-state index contributed by atoms with van der Waals surface area (Å²) in [7, 11) is 0. The lowest BCUT2D eigenvalue weighted by atomic mass is 10.1. The number of para-hydroxylation sites is 1. The third-order valence-electron chi connectivity index (χ3n) is 2.81. The Kier molecular flexibility index (Phi) is 3.67. The van der Waals surface area contributed by atoms with Gasteiger partial charge in [0.2, 0.25) is 0 Å². The Morgan fingerprint density at radius 2 is 2.17 bits per heavy atom. The zero-order chi connectivity index (χ0) is 13.0. The standard InChI is InChI=1S/C14H16N2O2/c1-10-4-2-6-12(13(10)15)14(17)16-8-7-11-5-3-9-18-11/h2-6,9H,7-8,15H2,1H3,(H,16,17). The minimum atomic E-state index is -0.150. The molecule has 94 valence electrons. The number of aryl methyl sites for hydroxylation is 1. The molecule has 0 spiro atoms. The summed E-state index contributed by atoms with van der Waals surface area (Å²) in [6, 6.07) is 9.15. The van der Waals surface area contributed by atoms with Crippen LogP contribution < -0.4 is 11.1 Å². The number of carbonyl (C=O) groups excluding carboxylic acids is 1. The molecule has 0 saturated heterocycles. The van der Waals surface area contributed by atoms with E-state index in [9.17, 15) is 4.79 Å². The average molecular weight is 244 g/mol. The Morgan fingerprint density at radius 1 is 1.33 bits per heavy atom. The fourth-order valence-corrected chi connectivity index (χ4v) is 1.73. The van der Waals surface area contributed by atoms with Crippen molar-refractivity contribution in [2.24, 2.45) is 0 Å². The minimum absolute atomic E-state index is 0.150. The van der Waals surface area contributed by atoms with Gasteiger partial charge in [0.25, 0.3) is 5.91 Å². The largest absolute Gasteiger partial charge is 0.469 e. The van der Waals surface area contributed by atoms with Crippen molar-refractivity contribution >= 4 is 11.6 Å². The molecule has 3 N–H and O–H groups in total. The van der Waals surface area contributed by atoms with Crippen LogP contribution >= 0.6 is 0 Å². The Morgan fingerprint density at radius 3 is 2.89 bits per heavy atom. The van der Waals surface area contributed by atoms with E-state index in [-0.39, 0.29) is 5.91 Å². The van der Waals surface area contributed by atoms with Gasteiger partial charge in [-0.1, -0.05) is 12.1 Å². The normalized spacial score (nSPS) is 10.3. The number of carbonyl (C=O) groups is 1. The predicted octanol–water partition coefficient (Wildman–Crippen LogP) is 2.14. The van der Waals surface area contributed by atoms with Crippen LogP contribution in [0.25, 0.3) is 0 Å². The number of hydrogen-bond donors (Lipinski definition) is 2. The van der Waals surface area contributed by atoms with E-state index in [1.54, 1.807) is 12.3 Å². The van der Waals surface area contributed by atoms with Gasteiger partial charge < -0.3 is 15.5 Å². The summed E-state index contributed by atoms with van der Waals surface area (Å²) < 4.78 is 5.19. The van der Waals surface area contributed by atoms with Gasteiger partial charge in [0, 0.05) is 18.7 Å². The van der Waals surface area contributed by atoms with Crippen molar-refractivity contribution in [1.29, 1.82) is 0 Å². The highest BCUT2D eigenvalue weighted by atomic mass is 16.3. The zero-order valence-corrected chi connectivity index (χ0v) is 10.3. The summed E-state index contributed by atoms with van der Waals surface area (Å²) in [6.07, 6.45) is 2.29. The average Bonchev–Trinajstić information content (AvgIpc) is 2.85. The van der Waals surface area contributed by atoms with Gasteiger partial charge in [0.05, 0.1) is 11.8 Å². The number of nitrogens with two attached hydrogens (primary N) is 1. The molecular formula is C14H16N2O2. The fourth-order valence-electron chi connectivity index (χ4n) is 1.73. The van der Waals surface area contributed by atoms with Crippen LogP contribution in [0.5, 0.6) is 0 Å². The molecule has 0 aliphatic heterocycles. The van der Waals surface area contributed by atoms with Crippen LogP contribution in [0, 0.1) is 6.92 Å². The lowest BCUT2D eigenvalue weighted by Gasteiger charge is -2.08. The molecule has 0 aliphatic carbocycles. The second kappa shape index (κ2) is 5.40. The van der Waals surface area contributed by atoms with Crippen molar-refractivity contribution < 1.29 is 9.21 Å². The molecule has 0 atom stereocenters. The van der Waals surface area contributed by atoms with Crippen LogP contribution in [0.4, 0.5) is 5.69 Å². The molecule has 1 heterocycles. The molecule has 2 aromatic rings. The van der Waals surface area contributed by atoms with E-state index in [2.05, 4.69) is 5.32 Å². The third-order valence-corrected chi connectivity index (χ3v) is 2.81. The van der Waals surface area contributed by atoms with Gasteiger partial charge in [-0.3, -0.25) is 4.79 Å². The highest BCUT2D eigenvalue weighted by molar-refractivity contribution is 5.99. The molecule has 0 radical (unpaired) electrons. The molecule has 0 fully saturated rings. The molecule has 4 heteroatoms. The van der Waals surface area contributed by atoms with Crippen LogP contribution in [0.1, 0.15) is 21.7 Å². The van der Waals surface area contributed by atoms with Crippen molar-refractivity contribution in [1.82, 2.24) is 5.32 Å². The Bertz CT molecular complexity index is 533. The van der Waals surface area contributed by atoms with Gasteiger partial charge >= 0.3 is 0 Å². The molecule has 4 nitrogen and oxygen atoms in total. The highest BCUT2D eigenvalue weighted by Crippen LogP contribution is 2.16. The molecule has 0 saturated carbocycles. The second-order valence-electron chi connectivity index (χ2n) is 4.12. The van der Waals surface area contributed by atoms with E-state index >= 15 is 0 Å². The Labute approximate surface area is 106 Å². The molecule has 1 aromatic carbocycles. The lowest BCUT2D eigenvalue weighted by molar-refractivity contribution is 0.0954. The maximum Gasteiger partial charge on any atom is 0.253 e. The second-order valence-corrected chi connectivity index (χ2v) is 4.12.